The first-order chi connectivity index (χ1) is 18.6. The van der Waals surface area contributed by atoms with Gasteiger partial charge in [0.25, 0.3) is 0 Å². The molecular weight excluding hydrogens is 553 g/mol. The van der Waals surface area contributed by atoms with Crippen molar-refractivity contribution < 1.29 is 45.4 Å². The van der Waals surface area contributed by atoms with Crippen LogP contribution in [0, 0.1) is 0 Å². The summed E-state index contributed by atoms with van der Waals surface area (Å²) in [4.78, 5) is 26.9. The highest BCUT2D eigenvalue weighted by Crippen LogP contribution is 2.34. The van der Waals surface area contributed by atoms with Crippen molar-refractivity contribution in [2.24, 2.45) is 5.14 Å². The first kappa shape index (κ1) is 31.2. The monoisotopic (exact) mass is 586 g/mol. The molecule has 2 aromatic carbocycles. The molecule has 2 N–H and O–H groups in total. The number of amides is 1. The second kappa shape index (κ2) is 12.5. The molecule has 40 heavy (non-hydrogen) atoms. The summed E-state index contributed by atoms with van der Waals surface area (Å²) in [5, 5.41) is 5.30. The molecule has 0 saturated carbocycles. The number of rotatable bonds is 11. The molecule has 0 radical (unpaired) electrons. The second-order valence-electron chi connectivity index (χ2n) is 10.3. The van der Waals surface area contributed by atoms with Gasteiger partial charge in [-0.1, -0.05) is 18.2 Å². The van der Waals surface area contributed by atoms with Gasteiger partial charge in [-0.15, -0.1) is 13.2 Å². The van der Waals surface area contributed by atoms with E-state index in [9.17, 15) is 31.2 Å². The van der Waals surface area contributed by atoms with Crippen LogP contribution < -0.4 is 14.6 Å². The van der Waals surface area contributed by atoms with Crippen LogP contribution >= 0.6 is 0 Å². The molecule has 0 bridgehead atoms. The molecule has 0 spiro atoms. The molecule has 1 heterocycles. The van der Waals surface area contributed by atoms with E-state index in [2.05, 4.69) is 4.74 Å². The van der Waals surface area contributed by atoms with Crippen molar-refractivity contribution in [3.05, 3.63) is 53.1 Å². The fourth-order valence-electron chi connectivity index (χ4n) is 4.31. The van der Waals surface area contributed by atoms with Crippen molar-refractivity contribution >= 4 is 21.9 Å². The van der Waals surface area contributed by atoms with Crippen LogP contribution in [0.1, 0.15) is 61.5 Å². The Hall–Kier alpha value is -3.32. The van der Waals surface area contributed by atoms with E-state index in [0.29, 0.717) is 31.4 Å². The van der Waals surface area contributed by atoms with Gasteiger partial charge in [-0.05, 0) is 62.9 Å². The first-order valence-corrected chi connectivity index (χ1v) is 14.2. The highest BCUT2D eigenvalue weighted by atomic mass is 32.2. The molecule has 1 amide bonds. The molecule has 2 aromatic rings. The quantitative estimate of drug-likeness (QED) is 0.290. The van der Waals surface area contributed by atoms with E-state index in [1.807, 2.05) is 20.8 Å². The molecule has 1 aliphatic rings. The van der Waals surface area contributed by atoms with Crippen LogP contribution in [0.3, 0.4) is 0 Å². The summed E-state index contributed by atoms with van der Waals surface area (Å²) in [5.41, 5.74) is 0.472. The Labute approximate surface area is 231 Å². The molecule has 0 unspecified atom stereocenters. The van der Waals surface area contributed by atoms with E-state index in [-0.39, 0.29) is 59.3 Å². The van der Waals surface area contributed by atoms with E-state index in [1.54, 1.807) is 12.1 Å². The number of para-hydroxylation sites is 1. The Balaban J connectivity index is 1.55. The summed E-state index contributed by atoms with van der Waals surface area (Å²) in [6.07, 6.45) is -3.98. The number of halogens is 3. The lowest BCUT2D eigenvalue weighted by atomic mass is 10.0. The smallest absolute Gasteiger partial charge is 0.492 e. The van der Waals surface area contributed by atoms with Gasteiger partial charge in [0.1, 0.15) is 16.4 Å². The lowest BCUT2D eigenvalue weighted by Crippen LogP contribution is -2.46. The Morgan fingerprint density at radius 3 is 2.45 bits per heavy atom. The molecule has 220 valence electrons. The van der Waals surface area contributed by atoms with Gasteiger partial charge in [-0.2, -0.15) is 0 Å². The van der Waals surface area contributed by atoms with E-state index in [0.717, 1.165) is 0 Å². The first-order valence-electron chi connectivity index (χ1n) is 12.7. The lowest BCUT2D eigenvalue weighted by Gasteiger charge is -2.34. The molecule has 0 aliphatic carbocycles. The van der Waals surface area contributed by atoms with Crippen LogP contribution in [0.5, 0.6) is 11.5 Å². The van der Waals surface area contributed by atoms with Gasteiger partial charge in [-0.3, -0.25) is 4.79 Å². The van der Waals surface area contributed by atoms with Crippen LogP contribution in [0.25, 0.3) is 0 Å². The predicted octanol–water partition coefficient (Wildman–Crippen LogP) is 5.00. The number of hydrogen-bond acceptors (Lipinski definition) is 7. The number of carbonyl (C=O) groups is 2. The summed E-state index contributed by atoms with van der Waals surface area (Å²) < 4.78 is 76.7. The fraction of sp³-hybridized carbons (Fsp3) is 0.481. The zero-order valence-corrected chi connectivity index (χ0v) is 23.4. The largest absolute Gasteiger partial charge is 0.573 e. The maximum absolute atomic E-state index is 12.8. The molecule has 0 fully saturated rings. The molecule has 0 saturated heterocycles. The fourth-order valence-corrected chi connectivity index (χ4v) is 5.05. The number of fused-ring (bicyclic) bond motifs is 1. The molecule has 0 aromatic heterocycles. The lowest BCUT2D eigenvalue weighted by molar-refractivity contribution is -0.274. The number of alkyl halides is 3. The number of sulfonamides is 1. The van der Waals surface area contributed by atoms with Gasteiger partial charge >= 0.3 is 12.5 Å². The van der Waals surface area contributed by atoms with Crippen molar-refractivity contribution in [3.63, 3.8) is 0 Å². The normalized spacial score (nSPS) is 13.4. The topological polar surface area (TPSA) is 125 Å². The number of ether oxygens (including phenoxy) is 3. The van der Waals surface area contributed by atoms with E-state index >= 15 is 0 Å². The van der Waals surface area contributed by atoms with Crippen molar-refractivity contribution in [2.75, 3.05) is 19.8 Å². The van der Waals surface area contributed by atoms with Crippen LogP contribution in [-0.4, -0.2) is 56.9 Å². The standard InChI is InChI=1S/C27H33F3N2O7S/c1-26(2,3)32(25(34)38-15-11-18-8-4-5-10-22(18)39-27(28,29)30)13-7-6-9-21(33)20-16-19-12-14-37-24(19)23(17-20)40(31,35)36/h4-5,8,10,16-17H,6-7,9,11-15H2,1-3H3,(H2,31,35,36). The summed E-state index contributed by atoms with van der Waals surface area (Å²) in [7, 11) is -4.07. The van der Waals surface area contributed by atoms with Crippen LogP contribution in [0.2, 0.25) is 0 Å². The average Bonchev–Trinajstić information content (AvgIpc) is 3.30. The van der Waals surface area contributed by atoms with Crippen molar-refractivity contribution in [1.82, 2.24) is 4.90 Å². The van der Waals surface area contributed by atoms with E-state index in [4.69, 9.17) is 14.6 Å². The second-order valence-corrected chi connectivity index (χ2v) is 11.9. The predicted molar refractivity (Wildman–Crippen MR) is 140 cm³/mol. The summed E-state index contributed by atoms with van der Waals surface area (Å²) in [5.74, 6) is -0.422. The van der Waals surface area contributed by atoms with Gasteiger partial charge in [0, 0.05) is 36.9 Å². The summed E-state index contributed by atoms with van der Waals surface area (Å²) >= 11 is 0. The molecule has 1 aliphatic heterocycles. The molecule has 3 rings (SSSR count). The van der Waals surface area contributed by atoms with Crippen molar-refractivity contribution in [2.45, 2.75) is 69.7 Å². The highest BCUT2D eigenvalue weighted by molar-refractivity contribution is 7.89. The van der Waals surface area contributed by atoms with Gasteiger partial charge in [0.2, 0.25) is 10.0 Å². The Morgan fingerprint density at radius 1 is 1.10 bits per heavy atom. The van der Waals surface area contributed by atoms with Crippen LogP contribution in [-0.2, 0) is 27.6 Å². The minimum Gasteiger partial charge on any atom is -0.492 e. The molecule has 0 atom stereocenters. The van der Waals surface area contributed by atoms with Crippen molar-refractivity contribution in [1.29, 1.82) is 0 Å². The number of Topliss-reactive ketones (excluding diaryl/α,β-unsaturated/α-hetero) is 1. The minimum absolute atomic E-state index is 0.0246. The molecular formula is C27H33F3N2O7S. The minimum atomic E-state index is -4.84. The highest BCUT2D eigenvalue weighted by Gasteiger charge is 2.32. The Kier molecular flexibility index (Phi) is 9.72. The number of benzene rings is 2. The average molecular weight is 587 g/mol. The maximum atomic E-state index is 12.8. The number of unbranched alkanes of at least 4 members (excludes halogenated alkanes) is 1. The third kappa shape index (κ3) is 8.59. The van der Waals surface area contributed by atoms with E-state index < -0.39 is 28.0 Å². The van der Waals surface area contributed by atoms with Crippen molar-refractivity contribution in [3.8, 4) is 11.5 Å². The number of primary sulfonamides is 1. The van der Waals surface area contributed by atoms with Crippen LogP contribution in [0.4, 0.5) is 18.0 Å². The zero-order chi connectivity index (χ0) is 29.7. The van der Waals surface area contributed by atoms with Gasteiger partial charge in [0.15, 0.2) is 5.78 Å². The summed E-state index contributed by atoms with van der Waals surface area (Å²) in [6, 6.07) is 8.50. The summed E-state index contributed by atoms with van der Waals surface area (Å²) in [6.45, 7) is 5.86. The van der Waals surface area contributed by atoms with Gasteiger partial charge < -0.3 is 19.1 Å². The number of ketones is 1. The zero-order valence-electron chi connectivity index (χ0n) is 22.5. The third-order valence-corrected chi connectivity index (χ3v) is 7.16. The number of nitrogens with zero attached hydrogens (tertiary/aromatic N) is 1. The SMILES string of the molecule is CC(C)(C)N(CCCCC(=O)c1cc2c(c(S(N)(=O)=O)c1)OCC2)C(=O)OCCc1ccccc1OC(F)(F)F. The Bertz CT molecular complexity index is 1340. The third-order valence-electron chi connectivity index (χ3n) is 6.24. The molecule has 13 heteroatoms. The van der Waals surface area contributed by atoms with Gasteiger partial charge in [-0.25, -0.2) is 18.4 Å². The molecule has 9 nitrogen and oxygen atoms in total. The maximum Gasteiger partial charge on any atom is 0.573 e. The number of hydrogen-bond donors (Lipinski definition) is 1. The van der Waals surface area contributed by atoms with Gasteiger partial charge in [0.05, 0.1) is 13.2 Å². The van der Waals surface area contributed by atoms with Crippen LogP contribution in [0.15, 0.2) is 41.3 Å². The number of nitrogens with two attached hydrogens (primary N) is 1. The number of carbonyl (C=O) groups excluding carboxylic acids is 2. The van der Waals surface area contributed by atoms with E-state index in [1.165, 1.54) is 29.2 Å². The Morgan fingerprint density at radius 2 is 1.80 bits per heavy atom.